The number of aliphatic hydroxyl groups is 2. The smallest absolute Gasteiger partial charge is 0.387 e. The molecule has 4 heterocycles. The van der Waals surface area contributed by atoms with E-state index in [4.69, 9.17) is 10.5 Å². The Morgan fingerprint density at radius 2 is 1.59 bits per heavy atom. The number of phosphoric ester groups is 1. The van der Waals surface area contributed by atoms with E-state index >= 15 is 0 Å². The number of hydrogen-bond acceptors (Lipinski definition) is 16. The van der Waals surface area contributed by atoms with Gasteiger partial charge in [0, 0.05) is 12.4 Å². The van der Waals surface area contributed by atoms with Crippen LogP contribution in [0.25, 0.3) is 11.2 Å². The Kier molecular flexibility index (Phi) is 8.30. The zero-order valence-electron chi connectivity index (χ0n) is 18.8. The summed E-state index contributed by atoms with van der Waals surface area (Å²) in [5.41, 5.74) is 5.97. The molecule has 0 aliphatic carbocycles. The summed E-state index contributed by atoms with van der Waals surface area (Å²) >= 11 is 0. The highest BCUT2D eigenvalue weighted by molar-refractivity contribution is 7.70. The predicted molar refractivity (Wildman–Crippen MR) is 122 cm³/mol. The molecule has 0 saturated carbocycles. The standard InChI is InChI=1S/C13H19N7O15P4/c14-11-8-12(17-4-16-11)20(6-18-8)13-10(22)9(21)7(32-13)3-31-37(25,26)34-39(29,30)35-38(27,28)33-36(23,24)19-2-1-15-5-19/h1-2,4-7,9-10,13,21-22H,3H2,(H,23,24)(H,25,26)(H,27,28)(H,29,30)(H2,14,16,17)/t7-,9-,10-,13-/m1/s1. The lowest BCUT2D eigenvalue weighted by Gasteiger charge is -2.21. The van der Waals surface area contributed by atoms with Crippen molar-refractivity contribution in [2.45, 2.75) is 24.5 Å². The highest BCUT2D eigenvalue weighted by Gasteiger charge is 2.48. The van der Waals surface area contributed by atoms with Crippen LogP contribution in [-0.4, -0.2) is 83.5 Å². The third-order valence-corrected chi connectivity index (χ3v) is 11.1. The number of nitrogens with zero attached hydrogens (tertiary/aromatic N) is 6. The molecule has 1 saturated heterocycles. The first kappa shape index (κ1) is 30.0. The molecule has 3 aromatic rings. The summed E-state index contributed by atoms with van der Waals surface area (Å²) in [5, 5.41) is 20.7. The quantitative estimate of drug-likeness (QED) is 0.127. The van der Waals surface area contributed by atoms with Crippen LogP contribution in [0.2, 0.25) is 0 Å². The number of fused-ring (bicyclic) bond motifs is 1. The average Bonchev–Trinajstić information content (AvgIpc) is 3.52. The van der Waals surface area contributed by atoms with Crippen LogP contribution < -0.4 is 5.73 Å². The van der Waals surface area contributed by atoms with E-state index in [1.807, 2.05) is 0 Å². The topological polar surface area (TPSA) is 323 Å². The van der Waals surface area contributed by atoms with Gasteiger partial charge in [0.05, 0.1) is 12.9 Å². The van der Waals surface area contributed by atoms with Crippen LogP contribution in [0.1, 0.15) is 6.23 Å². The molecule has 0 amide bonds. The number of rotatable bonds is 11. The average molecular weight is 637 g/mol. The van der Waals surface area contributed by atoms with Crippen molar-refractivity contribution in [3.05, 3.63) is 31.4 Å². The van der Waals surface area contributed by atoms with Gasteiger partial charge in [0.25, 0.3) is 0 Å². The Bertz CT molecular complexity index is 1530. The van der Waals surface area contributed by atoms with Gasteiger partial charge in [0.15, 0.2) is 17.7 Å². The van der Waals surface area contributed by atoms with Crippen molar-refractivity contribution in [3.63, 3.8) is 0 Å². The summed E-state index contributed by atoms with van der Waals surface area (Å²) in [5.74, 6) is 0.0158. The summed E-state index contributed by atoms with van der Waals surface area (Å²) in [7, 11) is -22.7. The first-order chi connectivity index (χ1) is 18.0. The predicted octanol–water partition coefficient (Wildman–Crippen LogP) is -0.760. The zero-order valence-corrected chi connectivity index (χ0v) is 22.4. The maximum Gasteiger partial charge on any atom is 0.490 e. The highest BCUT2D eigenvalue weighted by Crippen LogP contribution is 2.71. The minimum atomic E-state index is -6.00. The number of hydrogen-bond donors (Lipinski definition) is 7. The second-order valence-corrected chi connectivity index (χ2v) is 14.0. The van der Waals surface area contributed by atoms with E-state index in [9.17, 15) is 48.0 Å². The van der Waals surface area contributed by atoms with E-state index in [0.29, 0.717) is 10.7 Å². The third-order valence-electron chi connectivity index (χ3n) is 4.80. The maximum atomic E-state index is 12.2. The van der Waals surface area contributed by atoms with Crippen LogP contribution in [-0.2, 0) is 40.5 Å². The number of imidazole rings is 2. The van der Waals surface area contributed by atoms with E-state index in [-0.39, 0.29) is 17.0 Å². The fourth-order valence-corrected chi connectivity index (χ4v) is 8.43. The summed E-state index contributed by atoms with van der Waals surface area (Å²) in [6.07, 6.45) is -1.42. The second kappa shape index (κ2) is 10.8. The molecule has 4 unspecified atom stereocenters. The molecule has 4 rings (SSSR count). The van der Waals surface area contributed by atoms with Crippen LogP contribution >= 0.6 is 31.2 Å². The van der Waals surface area contributed by atoms with Crippen molar-refractivity contribution < 1.29 is 70.2 Å². The Morgan fingerprint density at radius 1 is 0.923 bits per heavy atom. The Labute approximate surface area is 216 Å². The molecule has 8 N–H and O–H groups in total. The van der Waals surface area contributed by atoms with Crippen molar-refractivity contribution in [2.24, 2.45) is 0 Å². The normalized spacial score (nSPS) is 27.9. The molecule has 22 nitrogen and oxygen atoms in total. The van der Waals surface area contributed by atoms with Gasteiger partial charge in [-0.05, 0) is 0 Å². The third kappa shape index (κ3) is 6.86. The minimum Gasteiger partial charge on any atom is -0.387 e. The lowest BCUT2D eigenvalue weighted by atomic mass is 10.1. The first-order valence-electron chi connectivity index (χ1n) is 10.0. The van der Waals surface area contributed by atoms with Crippen molar-refractivity contribution in [1.82, 2.24) is 28.8 Å². The van der Waals surface area contributed by atoms with Crippen LogP contribution in [0.15, 0.2) is 31.4 Å². The molecule has 0 radical (unpaired) electrons. The van der Waals surface area contributed by atoms with E-state index in [2.05, 4.69) is 37.4 Å². The molecule has 1 fully saturated rings. The molecule has 1 aliphatic rings. The second-order valence-electron chi connectivity index (χ2n) is 7.51. The monoisotopic (exact) mass is 637 g/mol. The SMILES string of the molecule is Nc1ncnc2c1ncn2[C@@H]1O[C@H](COP(=O)(O)OP(=O)(O)OP(=O)(O)OP(=O)(O)n2ccnc2)[C@@H](O)[C@H]1O. The summed E-state index contributed by atoms with van der Waals surface area (Å²) in [4.78, 5) is 53.8. The van der Waals surface area contributed by atoms with Gasteiger partial charge in [0.2, 0.25) is 0 Å². The van der Waals surface area contributed by atoms with Gasteiger partial charge >= 0.3 is 31.2 Å². The molecule has 26 heteroatoms. The van der Waals surface area contributed by atoms with Gasteiger partial charge in [-0.3, -0.25) is 9.09 Å². The maximum absolute atomic E-state index is 12.2. The molecule has 0 spiro atoms. The van der Waals surface area contributed by atoms with E-state index < -0.39 is 62.4 Å². The van der Waals surface area contributed by atoms with Gasteiger partial charge in [-0.25, -0.2) is 42.5 Å². The number of phosphoric acid groups is 3. The number of anilines is 1. The molecule has 216 valence electrons. The highest BCUT2D eigenvalue weighted by atomic mass is 31.3. The molecule has 0 bridgehead atoms. The molecule has 1 aliphatic heterocycles. The van der Waals surface area contributed by atoms with Crippen LogP contribution in [0.5, 0.6) is 0 Å². The van der Waals surface area contributed by atoms with E-state index in [0.717, 1.165) is 18.7 Å². The van der Waals surface area contributed by atoms with Crippen LogP contribution in [0.3, 0.4) is 0 Å². The number of aliphatic hydroxyl groups excluding tert-OH is 2. The van der Waals surface area contributed by atoms with Gasteiger partial charge in [-0.2, -0.15) is 12.9 Å². The molecule has 39 heavy (non-hydrogen) atoms. The number of nitrogen functional groups attached to an aromatic ring is 1. The van der Waals surface area contributed by atoms with Crippen molar-refractivity contribution >= 4 is 48.2 Å². The van der Waals surface area contributed by atoms with E-state index in [1.165, 1.54) is 10.9 Å². The summed E-state index contributed by atoms with van der Waals surface area (Å²) < 4.78 is 71.3. The fourth-order valence-electron chi connectivity index (χ4n) is 3.21. The molecule has 3 aromatic heterocycles. The molecular weight excluding hydrogens is 618 g/mol. The Balaban J connectivity index is 1.38. The number of ether oxygens (including phenoxy) is 1. The van der Waals surface area contributed by atoms with Gasteiger partial charge in [-0.1, -0.05) is 0 Å². The lowest BCUT2D eigenvalue weighted by Crippen LogP contribution is -2.33. The van der Waals surface area contributed by atoms with Crippen molar-refractivity contribution in [3.8, 4) is 0 Å². The Morgan fingerprint density at radius 3 is 2.26 bits per heavy atom. The number of aromatic nitrogens is 6. The lowest BCUT2D eigenvalue weighted by molar-refractivity contribution is -0.0503. The minimum absolute atomic E-state index is 0.0158. The van der Waals surface area contributed by atoms with Crippen molar-refractivity contribution in [2.75, 3.05) is 12.3 Å². The summed E-state index contributed by atoms with van der Waals surface area (Å²) in [6, 6.07) is 0. The first-order valence-corrected chi connectivity index (χ1v) is 16.0. The zero-order chi connectivity index (χ0) is 28.8. The van der Waals surface area contributed by atoms with Gasteiger partial charge < -0.3 is 40.3 Å². The summed E-state index contributed by atoms with van der Waals surface area (Å²) in [6.45, 7) is -1.04. The molecule has 0 aromatic carbocycles. The van der Waals surface area contributed by atoms with Crippen LogP contribution in [0.4, 0.5) is 5.82 Å². The van der Waals surface area contributed by atoms with Gasteiger partial charge in [0.1, 0.15) is 36.5 Å². The van der Waals surface area contributed by atoms with Gasteiger partial charge in [-0.15, -0.1) is 0 Å². The molecular formula is C13H19N7O15P4. The van der Waals surface area contributed by atoms with Crippen LogP contribution in [0, 0.1) is 0 Å². The van der Waals surface area contributed by atoms with Crippen molar-refractivity contribution in [1.29, 1.82) is 0 Å². The number of nitrogens with two attached hydrogens (primary N) is 1. The Hall–Kier alpha value is -1.96. The fraction of sp³-hybridized carbons (Fsp3) is 0.385. The van der Waals surface area contributed by atoms with E-state index in [1.54, 1.807) is 0 Å². The largest absolute Gasteiger partial charge is 0.490 e. The molecule has 8 atom stereocenters.